The Hall–Kier alpha value is -1.86. The summed E-state index contributed by atoms with van der Waals surface area (Å²) in [6.07, 6.45) is -0.537. The minimum absolute atomic E-state index is 0.401. The van der Waals surface area contributed by atoms with Crippen molar-refractivity contribution in [2.45, 2.75) is 19.0 Å². The lowest BCUT2D eigenvalue weighted by Gasteiger charge is -2.37. The van der Waals surface area contributed by atoms with E-state index in [0.29, 0.717) is 11.4 Å². The number of fused-ring (bicyclic) bond motifs is 1. The van der Waals surface area contributed by atoms with Crippen molar-refractivity contribution >= 4 is 16.6 Å². The third kappa shape index (κ3) is 4.19. The molecule has 4 rings (SSSR count). The van der Waals surface area contributed by atoms with Crippen LogP contribution in [0.25, 0.3) is 10.9 Å². The molecule has 0 aliphatic carbocycles. The van der Waals surface area contributed by atoms with E-state index in [2.05, 4.69) is 14.8 Å². The van der Waals surface area contributed by atoms with Gasteiger partial charge in [0.15, 0.2) is 0 Å². The van der Waals surface area contributed by atoms with Gasteiger partial charge in [-0.1, -0.05) is 6.07 Å². The Morgan fingerprint density at radius 2 is 1.78 bits per heavy atom. The lowest BCUT2D eigenvalue weighted by molar-refractivity contribution is -0.137. The van der Waals surface area contributed by atoms with E-state index < -0.39 is 11.7 Å². The molecule has 2 aliphatic rings. The van der Waals surface area contributed by atoms with Crippen LogP contribution < -0.4 is 4.90 Å². The van der Waals surface area contributed by atoms with Crippen LogP contribution in [-0.2, 0) is 10.9 Å². The average Bonchev–Trinajstić information content (AvgIpc) is 2.68. The number of rotatable bonds is 3. The van der Waals surface area contributed by atoms with Crippen molar-refractivity contribution in [1.82, 2.24) is 9.88 Å². The van der Waals surface area contributed by atoms with E-state index in [1.54, 1.807) is 12.3 Å². The number of pyridine rings is 1. The van der Waals surface area contributed by atoms with Crippen molar-refractivity contribution in [2.24, 2.45) is 5.92 Å². The molecule has 2 aliphatic heterocycles. The molecule has 2 fully saturated rings. The van der Waals surface area contributed by atoms with E-state index in [0.717, 1.165) is 82.0 Å². The molecule has 0 saturated carbocycles. The van der Waals surface area contributed by atoms with Crippen LogP contribution in [0.5, 0.6) is 0 Å². The predicted octanol–water partition coefficient (Wildman–Crippen LogP) is 3.80. The van der Waals surface area contributed by atoms with Crippen molar-refractivity contribution in [3.05, 3.63) is 36.0 Å². The molecule has 0 bridgehead atoms. The van der Waals surface area contributed by atoms with Gasteiger partial charge in [-0.25, -0.2) is 0 Å². The van der Waals surface area contributed by atoms with E-state index in [9.17, 15) is 13.2 Å². The van der Waals surface area contributed by atoms with E-state index in [4.69, 9.17) is 4.74 Å². The van der Waals surface area contributed by atoms with Gasteiger partial charge in [0, 0.05) is 50.0 Å². The maximum atomic E-state index is 13.0. The highest BCUT2D eigenvalue weighted by atomic mass is 19.4. The quantitative estimate of drug-likeness (QED) is 0.811. The van der Waals surface area contributed by atoms with Crippen LogP contribution in [-0.4, -0.2) is 55.8 Å². The first kappa shape index (κ1) is 18.5. The zero-order valence-corrected chi connectivity index (χ0v) is 15.2. The number of hydrogen-bond donors (Lipinski definition) is 0. The summed E-state index contributed by atoms with van der Waals surface area (Å²) in [4.78, 5) is 8.92. The van der Waals surface area contributed by atoms with Gasteiger partial charge in [-0.05, 0) is 37.0 Å². The first-order valence-electron chi connectivity index (χ1n) is 9.52. The first-order chi connectivity index (χ1) is 13.0. The maximum Gasteiger partial charge on any atom is 0.416 e. The van der Waals surface area contributed by atoms with Gasteiger partial charge in [0.2, 0.25) is 0 Å². The zero-order valence-electron chi connectivity index (χ0n) is 15.2. The van der Waals surface area contributed by atoms with Gasteiger partial charge in [-0.3, -0.25) is 9.88 Å². The van der Waals surface area contributed by atoms with E-state index in [1.165, 1.54) is 0 Å². The molecule has 2 aromatic rings. The van der Waals surface area contributed by atoms with Crippen LogP contribution in [0.2, 0.25) is 0 Å². The fourth-order valence-electron chi connectivity index (χ4n) is 4.09. The molecule has 0 unspecified atom stereocenters. The summed E-state index contributed by atoms with van der Waals surface area (Å²) >= 11 is 0. The molecule has 1 aromatic heterocycles. The monoisotopic (exact) mass is 379 g/mol. The minimum atomic E-state index is -4.34. The Morgan fingerprint density at radius 3 is 2.48 bits per heavy atom. The largest absolute Gasteiger partial charge is 0.416 e. The molecule has 0 amide bonds. The van der Waals surface area contributed by atoms with Crippen LogP contribution >= 0.6 is 0 Å². The molecule has 0 radical (unpaired) electrons. The highest BCUT2D eigenvalue weighted by Crippen LogP contribution is 2.34. The Bertz CT molecular complexity index is 782. The van der Waals surface area contributed by atoms with Gasteiger partial charge in [-0.2, -0.15) is 13.2 Å². The van der Waals surface area contributed by atoms with Gasteiger partial charge < -0.3 is 9.64 Å². The van der Waals surface area contributed by atoms with Gasteiger partial charge in [0.1, 0.15) is 0 Å². The van der Waals surface area contributed by atoms with Crippen molar-refractivity contribution in [1.29, 1.82) is 0 Å². The van der Waals surface area contributed by atoms with Gasteiger partial charge >= 0.3 is 6.18 Å². The number of morpholine rings is 1. The smallest absolute Gasteiger partial charge is 0.379 e. The van der Waals surface area contributed by atoms with Crippen LogP contribution in [0.15, 0.2) is 30.5 Å². The summed E-state index contributed by atoms with van der Waals surface area (Å²) in [7, 11) is 0. The van der Waals surface area contributed by atoms with E-state index in [-0.39, 0.29) is 0 Å². The summed E-state index contributed by atoms with van der Waals surface area (Å²) in [6.45, 7) is 6.63. The number of nitrogens with zero attached hydrogens (tertiary/aromatic N) is 3. The van der Waals surface area contributed by atoms with Crippen molar-refractivity contribution in [3.63, 3.8) is 0 Å². The Balaban J connectivity index is 1.45. The van der Waals surface area contributed by atoms with Crippen molar-refractivity contribution < 1.29 is 17.9 Å². The summed E-state index contributed by atoms with van der Waals surface area (Å²) < 4.78 is 44.3. The van der Waals surface area contributed by atoms with Crippen LogP contribution in [0.1, 0.15) is 18.4 Å². The summed E-state index contributed by atoms with van der Waals surface area (Å²) in [5, 5.41) is 0.789. The molecule has 0 atom stereocenters. The lowest BCUT2D eigenvalue weighted by Crippen LogP contribution is -2.43. The molecule has 3 heterocycles. The summed E-state index contributed by atoms with van der Waals surface area (Å²) in [5.74, 6) is 0.671. The molecule has 146 valence electrons. The first-order valence-corrected chi connectivity index (χ1v) is 9.52. The molecule has 0 spiro atoms. The maximum absolute atomic E-state index is 13.0. The number of anilines is 1. The number of hydrogen-bond acceptors (Lipinski definition) is 4. The average molecular weight is 379 g/mol. The second-order valence-electron chi connectivity index (χ2n) is 7.40. The molecule has 2 saturated heterocycles. The molecule has 7 heteroatoms. The van der Waals surface area contributed by atoms with Crippen molar-refractivity contribution in [3.8, 4) is 0 Å². The Labute approximate surface area is 156 Å². The standard InChI is InChI=1S/C20H24F3N3O/c21-20(22,23)16-1-2-17-18(13-16)24-6-3-19(17)26-7-4-15(5-8-26)14-25-9-11-27-12-10-25/h1-3,6,13,15H,4-5,7-12,14H2. The molecule has 0 N–H and O–H groups in total. The molecular formula is C20H24F3N3O. The number of alkyl halides is 3. The summed E-state index contributed by atoms with van der Waals surface area (Å²) in [5.41, 5.74) is 0.736. The summed E-state index contributed by atoms with van der Waals surface area (Å²) in [6, 6.07) is 5.76. The number of piperidine rings is 1. The number of ether oxygens (including phenoxy) is 1. The van der Waals surface area contributed by atoms with Crippen molar-refractivity contribution in [2.75, 3.05) is 50.8 Å². The highest BCUT2D eigenvalue weighted by molar-refractivity contribution is 5.92. The SMILES string of the molecule is FC(F)(F)c1ccc2c(N3CCC(CN4CCOCC4)CC3)ccnc2c1. The fourth-order valence-corrected chi connectivity index (χ4v) is 4.09. The number of benzene rings is 1. The predicted molar refractivity (Wildman–Crippen MR) is 98.9 cm³/mol. The van der Waals surface area contributed by atoms with Gasteiger partial charge in [0.05, 0.1) is 24.3 Å². The fraction of sp³-hybridized carbons (Fsp3) is 0.550. The Kier molecular flexibility index (Phi) is 5.23. The van der Waals surface area contributed by atoms with Gasteiger partial charge in [0.25, 0.3) is 0 Å². The lowest BCUT2D eigenvalue weighted by atomic mass is 9.95. The van der Waals surface area contributed by atoms with E-state index in [1.807, 2.05) is 6.07 Å². The Morgan fingerprint density at radius 1 is 1.04 bits per heavy atom. The second kappa shape index (κ2) is 7.64. The minimum Gasteiger partial charge on any atom is -0.379 e. The van der Waals surface area contributed by atoms with Crippen LogP contribution in [0.3, 0.4) is 0 Å². The van der Waals surface area contributed by atoms with E-state index >= 15 is 0 Å². The van der Waals surface area contributed by atoms with Crippen LogP contribution in [0, 0.1) is 5.92 Å². The van der Waals surface area contributed by atoms with Crippen LogP contribution in [0.4, 0.5) is 18.9 Å². The van der Waals surface area contributed by atoms with Gasteiger partial charge in [-0.15, -0.1) is 0 Å². The number of halogens is 3. The normalized spacial score (nSPS) is 20.3. The molecular weight excluding hydrogens is 355 g/mol. The number of aromatic nitrogens is 1. The third-order valence-electron chi connectivity index (χ3n) is 5.62. The zero-order chi connectivity index (χ0) is 18.9. The molecule has 1 aromatic carbocycles. The second-order valence-corrected chi connectivity index (χ2v) is 7.40. The topological polar surface area (TPSA) is 28.6 Å². The highest BCUT2D eigenvalue weighted by Gasteiger charge is 2.31. The third-order valence-corrected chi connectivity index (χ3v) is 5.62. The molecule has 27 heavy (non-hydrogen) atoms. The molecule has 4 nitrogen and oxygen atoms in total.